The van der Waals surface area contributed by atoms with Gasteiger partial charge in [-0.1, -0.05) is 66.7 Å². The van der Waals surface area contributed by atoms with Gasteiger partial charge in [-0.2, -0.15) is 0 Å². The van der Waals surface area contributed by atoms with Crippen LogP contribution in [0.1, 0.15) is 27.8 Å². The highest BCUT2D eigenvalue weighted by Crippen LogP contribution is 2.36. The number of nitrogens with two attached hydrogens (primary N) is 1. The number of hydrogen-bond donors (Lipinski definition) is 2. The molecule has 0 radical (unpaired) electrons. The van der Waals surface area contributed by atoms with Gasteiger partial charge in [0.25, 0.3) is 0 Å². The first kappa shape index (κ1) is 16.3. The van der Waals surface area contributed by atoms with Crippen LogP contribution in [0.4, 0.5) is 5.69 Å². The van der Waals surface area contributed by atoms with Gasteiger partial charge < -0.3 is 10.8 Å². The second-order valence-corrected chi connectivity index (χ2v) is 6.41. The number of hydrogen-bond acceptors (Lipinski definition) is 2. The molecule has 0 aliphatic carbocycles. The van der Waals surface area contributed by atoms with Crippen molar-refractivity contribution in [2.45, 2.75) is 25.9 Å². The first-order chi connectivity index (χ1) is 11.5. The smallest absolute Gasteiger partial charge is 0.121 e. The van der Waals surface area contributed by atoms with Crippen molar-refractivity contribution in [3.05, 3.63) is 101 Å². The van der Waals surface area contributed by atoms with Gasteiger partial charge in [0.2, 0.25) is 0 Å². The maximum atomic E-state index is 11.7. The molecule has 0 bridgehead atoms. The second-order valence-electron chi connectivity index (χ2n) is 6.41. The maximum Gasteiger partial charge on any atom is 0.121 e. The summed E-state index contributed by atoms with van der Waals surface area (Å²) in [5.41, 5.74) is 10.8. The van der Waals surface area contributed by atoms with Crippen LogP contribution in [0.2, 0.25) is 0 Å². The molecule has 3 rings (SSSR count). The van der Waals surface area contributed by atoms with Gasteiger partial charge in [0.05, 0.1) is 0 Å². The minimum Gasteiger partial charge on any atom is -0.398 e. The molecule has 3 aromatic rings. The van der Waals surface area contributed by atoms with E-state index < -0.39 is 5.60 Å². The molecule has 1 atom stereocenters. The summed E-state index contributed by atoms with van der Waals surface area (Å²) in [7, 11) is 0. The molecule has 0 aliphatic rings. The highest BCUT2D eigenvalue weighted by molar-refractivity contribution is 5.54. The molecule has 0 fully saturated rings. The average Bonchev–Trinajstić information content (AvgIpc) is 2.59. The van der Waals surface area contributed by atoms with Crippen LogP contribution in [0, 0.1) is 13.8 Å². The summed E-state index contributed by atoms with van der Waals surface area (Å²) in [4.78, 5) is 0. The normalized spacial score (nSPS) is 13.5. The summed E-state index contributed by atoms with van der Waals surface area (Å²) < 4.78 is 0. The minimum absolute atomic E-state index is 0.479. The van der Waals surface area contributed by atoms with Gasteiger partial charge in [0.15, 0.2) is 0 Å². The van der Waals surface area contributed by atoms with E-state index >= 15 is 0 Å². The molecule has 24 heavy (non-hydrogen) atoms. The van der Waals surface area contributed by atoms with E-state index in [9.17, 15) is 5.11 Å². The summed E-state index contributed by atoms with van der Waals surface area (Å²) in [6.45, 7) is 4.19. The van der Waals surface area contributed by atoms with Gasteiger partial charge in [-0.05, 0) is 42.2 Å². The molecule has 0 heterocycles. The Balaban J connectivity index is 2.12. The molecule has 0 aliphatic heterocycles. The van der Waals surface area contributed by atoms with E-state index in [0.29, 0.717) is 12.1 Å². The van der Waals surface area contributed by atoms with Crippen LogP contribution in [0.25, 0.3) is 0 Å². The van der Waals surface area contributed by atoms with E-state index in [1.807, 2.05) is 54.6 Å². The predicted octanol–water partition coefficient (Wildman–Crippen LogP) is 4.36. The van der Waals surface area contributed by atoms with Crippen molar-refractivity contribution in [3.8, 4) is 0 Å². The Morgan fingerprint density at radius 3 is 2.17 bits per heavy atom. The molecular weight excluding hydrogens is 294 g/mol. The fraction of sp³-hybridized carbons (Fsp3) is 0.182. The standard InChI is InChI=1S/C22H23NO/c1-16-12-13-18(14-17(16)2)15-22(24,19-8-4-3-5-9-19)20-10-6-7-11-21(20)23/h3-14,24H,15,23H2,1-2H3. The largest absolute Gasteiger partial charge is 0.398 e. The lowest BCUT2D eigenvalue weighted by Crippen LogP contribution is -2.31. The molecule has 3 N–H and O–H groups in total. The van der Waals surface area contributed by atoms with Crippen LogP contribution in [0.15, 0.2) is 72.8 Å². The van der Waals surface area contributed by atoms with Gasteiger partial charge in [-0.25, -0.2) is 0 Å². The minimum atomic E-state index is -1.16. The number of aryl methyl sites for hydroxylation is 2. The molecule has 0 saturated carbocycles. The van der Waals surface area contributed by atoms with E-state index in [1.54, 1.807) is 0 Å². The van der Waals surface area contributed by atoms with Crippen LogP contribution < -0.4 is 5.73 Å². The molecule has 3 aromatic carbocycles. The van der Waals surface area contributed by atoms with Crippen molar-refractivity contribution in [2.75, 3.05) is 5.73 Å². The Hall–Kier alpha value is -2.58. The zero-order chi connectivity index (χ0) is 17.2. The third-order valence-electron chi connectivity index (χ3n) is 4.69. The molecule has 122 valence electrons. The summed E-state index contributed by atoms with van der Waals surface area (Å²) >= 11 is 0. The number of rotatable bonds is 4. The van der Waals surface area contributed by atoms with Crippen molar-refractivity contribution in [1.82, 2.24) is 0 Å². The van der Waals surface area contributed by atoms with Gasteiger partial charge in [0, 0.05) is 17.7 Å². The zero-order valence-corrected chi connectivity index (χ0v) is 14.2. The second kappa shape index (κ2) is 6.50. The topological polar surface area (TPSA) is 46.2 Å². The SMILES string of the molecule is Cc1ccc(CC(O)(c2ccccc2)c2ccccc2N)cc1C. The number of nitrogen functional groups attached to an aromatic ring is 1. The Bertz CT molecular complexity index is 842. The van der Waals surface area contributed by atoms with Crippen LogP contribution >= 0.6 is 0 Å². The Morgan fingerprint density at radius 2 is 1.50 bits per heavy atom. The Labute approximate surface area is 143 Å². The molecule has 2 nitrogen and oxygen atoms in total. The number of benzene rings is 3. The van der Waals surface area contributed by atoms with Gasteiger partial charge in [-0.3, -0.25) is 0 Å². The first-order valence-electron chi connectivity index (χ1n) is 8.20. The van der Waals surface area contributed by atoms with Gasteiger partial charge in [-0.15, -0.1) is 0 Å². The molecular formula is C22H23NO. The zero-order valence-electron chi connectivity index (χ0n) is 14.2. The monoisotopic (exact) mass is 317 g/mol. The van der Waals surface area contributed by atoms with Gasteiger partial charge >= 0.3 is 0 Å². The molecule has 0 aromatic heterocycles. The third kappa shape index (κ3) is 3.06. The van der Waals surface area contributed by atoms with Crippen LogP contribution in [0.3, 0.4) is 0 Å². The maximum absolute atomic E-state index is 11.7. The molecule has 1 unspecified atom stereocenters. The van der Waals surface area contributed by atoms with Crippen molar-refractivity contribution < 1.29 is 5.11 Å². The number of aliphatic hydroxyl groups is 1. The summed E-state index contributed by atoms with van der Waals surface area (Å²) in [5, 5.41) is 11.7. The van der Waals surface area contributed by atoms with Crippen LogP contribution in [-0.4, -0.2) is 5.11 Å². The lowest BCUT2D eigenvalue weighted by molar-refractivity contribution is 0.0819. The highest BCUT2D eigenvalue weighted by Gasteiger charge is 2.33. The van der Waals surface area contributed by atoms with E-state index in [1.165, 1.54) is 11.1 Å². The van der Waals surface area contributed by atoms with Crippen molar-refractivity contribution in [2.24, 2.45) is 0 Å². The fourth-order valence-corrected chi connectivity index (χ4v) is 3.15. The third-order valence-corrected chi connectivity index (χ3v) is 4.69. The molecule has 0 amide bonds. The summed E-state index contributed by atoms with van der Waals surface area (Å²) in [6, 6.07) is 23.6. The summed E-state index contributed by atoms with van der Waals surface area (Å²) in [6.07, 6.45) is 0.479. The van der Waals surface area contributed by atoms with Crippen molar-refractivity contribution in [3.63, 3.8) is 0 Å². The van der Waals surface area contributed by atoms with E-state index in [4.69, 9.17) is 5.73 Å². The average molecular weight is 317 g/mol. The van der Waals surface area contributed by atoms with E-state index in [0.717, 1.165) is 16.7 Å². The quantitative estimate of drug-likeness (QED) is 0.702. The van der Waals surface area contributed by atoms with Crippen LogP contribution in [0.5, 0.6) is 0 Å². The number of para-hydroxylation sites is 1. The number of anilines is 1. The van der Waals surface area contributed by atoms with E-state index in [2.05, 4.69) is 32.0 Å². The van der Waals surface area contributed by atoms with E-state index in [-0.39, 0.29) is 0 Å². The summed E-state index contributed by atoms with van der Waals surface area (Å²) in [5.74, 6) is 0. The molecule has 2 heteroatoms. The Kier molecular flexibility index (Phi) is 4.41. The highest BCUT2D eigenvalue weighted by atomic mass is 16.3. The first-order valence-corrected chi connectivity index (χ1v) is 8.20. The Morgan fingerprint density at radius 1 is 0.833 bits per heavy atom. The predicted molar refractivity (Wildman–Crippen MR) is 99.9 cm³/mol. The molecule has 0 saturated heterocycles. The lowest BCUT2D eigenvalue weighted by Gasteiger charge is -2.31. The lowest BCUT2D eigenvalue weighted by atomic mass is 9.80. The van der Waals surface area contributed by atoms with Crippen molar-refractivity contribution >= 4 is 5.69 Å². The fourth-order valence-electron chi connectivity index (χ4n) is 3.15. The van der Waals surface area contributed by atoms with Gasteiger partial charge in [0.1, 0.15) is 5.60 Å². The van der Waals surface area contributed by atoms with Crippen LogP contribution in [-0.2, 0) is 12.0 Å². The molecule has 0 spiro atoms. The van der Waals surface area contributed by atoms with Crippen molar-refractivity contribution in [1.29, 1.82) is 0 Å².